The molecule has 1 saturated heterocycles. The van der Waals surface area contributed by atoms with Gasteiger partial charge in [0.05, 0.1) is 17.4 Å². The van der Waals surface area contributed by atoms with Crippen molar-refractivity contribution in [3.63, 3.8) is 0 Å². The van der Waals surface area contributed by atoms with Crippen molar-refractivity contribution in [2.45, 2.75) is 18.5 Å². The number of fused-ring (bicyclic) bond motifs is 1. The highest BCUT2D eigenvalue weighted by Gasteiger charge is 2.48. The summed E-state index contributed by atoms with van der Waals surface area (Å²) in [6.07, 6.45) is 0.568. The van der Waals surface area contributed by atoms with Gasteiger partial charge in [-0.3, -0.25) is 4.98 Å². The Labute approximate surface area is 158 Å². The SMILES string of the molecule is C[C@H]1CN(C(=O)O)CCN1c1cnc2ccc(OS(=O)(=O)C(F)(F)F)cc2c1. The molecule has 28 heavy (non-hydrogen) atoms. The molecule has 152 valence electrons. The minimum atomic E-state index is -5.77. The summed E-state index contributed by atoms with van der Waals surface area (Å²) in [5.74, 6) is -0.479. The largest absolute Gasteiger partial charge is 0.534 e. The summed E-state index contributed by atoms with van der Waals surface area (Å²) in [5.41, 5.74) is -4.44. The molecule has 1 N–H and O–H groups in total. The Morgan fingerprint density at radius 2 is 2.00 bits per heavy atom. The maximum Gasteiger partial charge on any atom is 0.534 e. The van der Waals surface area contributed by atoms with Gasteiger partial charge in [-0.25, -0.2) is 4.79 Å². The van der Waals surface area contributed by atoms with Crippen LogP contribution >= 0.6 is 0 Å². The Morgan fingerprint density at radius 3 is 2.61 bits per heavy atom. The number of aromatic nitrogens is 1. The standard InChI is InChI=1S/C16H16F3N3O5S/c1-10-9-21(15(23)24)4-5-22(10)12-6-11-7-13(2-3-14(11)20-8-12)27-28(25,26)16(17,18)19/h2-3,6-8,10H,4-5,9H2,1H3,(H,23,24)/t10-/m0/s1. The molecule has 0 spiro atoms. The zero-order chi connectivity index (χ0) is 20.7. The first-order chi connectivity index (χ1) is 13.0. The minimum Gasteiger partial charge on any atom is -0.465 e. The van der Waals surface area contributed by atoms with Gasteiger partial charge in [-0.2, -0.15) is 21.6 Å². The summed E-state index contributed by atoms with van der Waals surface area (Å²) in [5, 5.41) is 9.48. The topological polar surface area (TPSA) is 100 Å². The van der Waals surface area contributed by atoms with Crippen molar-refractivity contribution < 1.29 is 35.7 Å². The minimum absolute atomic E-state index is 0.144. The summed E-state index contributed by atoms with van der Waals surface area (Å²) >= 11 is 0. The van der Waals surface area contributed by atoms with Gasteiger partial charge in [-0.15, -0.1) is 0 Å². The van der Waals surface area contributed by atoms with Crippen molar-refractivity contribution in [3.05, 3.63) is 30.5 Å². The first-order valence-corrected chi connectivity index (χ1v) is 9.54. The van der Waals surface area contributed by atoms with E-state index in [0.717, 1.165) is 12.1 Å². The second kappa shape index (κ2) is 7.00. The number of hydrogen-bond acceptors (Lipinski definition) is 6. The van der Waals surface area contributed by atoms with E-state index in [9.17, 15) is 26.4 Å². The van der Waals surface area contributed by atoms with E-state index >= 15 is 0 Å². The number of piperazine rings is 1. The molecule has 2 heterocycles. The fourth-order valence-corrected chi connectivity index (χ4v) is 3.45. The van der Waals surface area contributed by atoms with Gasteiger partial charge in [-0.05, 0) is 31.2 Å². The molecule has 1 aliphatic rings. The molecule has 8 nitrogen and oxygen atoms in total. The first kappa shape index (κ1) is 20.0. The number of benzene rings is 1. The molecule has 0 unspecified atom stereocenters. The molecule has 3 rings (SSSR count). The number of carbonyl (C=O) groups is 1. The Kier molecular flexibility index (Phi) is 5.00. The van der Waals surface area contributed by atoms with E-state index in [1.54, 1.807) is 12.3 Å². The van der Waals surface area contributed by atoms with Crippen LogP contribution in [0.2, 0.25) is 0 Å². The van der Waals surface area contributed by atoms with Crippen LogP contribution in [0.4, 0.5) is 23.7 Å². The van der Waals surface area contributed by atoms with E-state index in [0.29, 0.717) is 36.2 Å². The van der Waals surface area contributed by atoms with E-state index in [4.69, 9.17) is 5.11 Å². The third-order valence-electron chi connectivity index (χ3n) is 4.36. The van der Waals surface area contributed by atoms with Gasteiger partial charge >= 0.3 is 21.7 Å². The van der Waals surface area contributed by atoms with E-state index in [2.05, 4.69) is 9.17 Å². The summed E-state index contributed by atoms with van der Waals surface area (Å²) in [7, 11) is -5.77. The van der Waals surface area contributed by atoms with Crippen LogP contribution in [0, 0.1) is 0 Å². The first-order valence-electron chi connectivity index (χ1n) is 8.13. The van der Waals surface area contributed by atoms with Crippen molar-refractivity contribution in [1.82, 2.24) is 9.88 Å². The van der Waals surface area contributed by atoms with Crippen molar-refractivity contribution in [2.75, 3.05) is 24.5 Å². The third-order valence-corrected chi connectivity index (χ3v) is 5.34. The van der Waals surface area contributed by atoms with E-state index < -0.39 is 27.5 Å². The number of nitrogens with zero attached hydrogens (tertiary/aromatic N) is 3. The van der Waals surface area contributed by atoms with Crippen LogP contribution in [0.1, 0.15) is 6.92 Å². The smallest absolute Gasteiger partial charge is 0.465 e. The van der Waals surface area contributed by atoms with Crippen LogP contribution in [0.25, 0.3) is 10.9 Å². The molecule has 1 atom stereocenters. The molecule has 0 aliphatic carbocycles. The van der Waals surface area contributed by atoms with Gasteiger partial charge in [-0.1, -0.05) is 0 Å². The van der Waals surface area contributed by atoms with Crippen LogP contribution < -0.4 is 9.08 Å². The number of alkyl halides is 3. The summed E-state index contributed by atoms with van der Waals surface area (Å²) in [6, 6.07) is 5.10. The molecule has 1 aromatic heterocycles. The van der Waals surface area contributed by atoms with Crippen LogP contribution in [0.15, 0.2) is 30.5 Å². The van der Waals surface area contributed by atoms with Crippen LogP contribution in [0.5, 0.6) is 5.75 Å². The number of amides is 1. The zero-order valence-electron chi connectivity index (χ0n) is 14.5. The van der Waals surface area contributed by atoms with Crippen LogP contribution in [-0.4, -0.2) is 60.7 Å². The number of rotatable bonds is 3. The van der Waals surface area contributed by atoms with Crippen molar-refractivity contribution in [1.29, 1.82) is 0 Å². The lowest BCUT2D eigenvalue weighted by Crippen LogP contribution is -2.53. The average Bonchev–Trinajstić information content (AvgIpc) is 2.59. The molecular weight excluding hydrogens is 403 g/mol. The van der Waals surface area contributed by atoms with Gasteiger partial charge in [0, 0.05) is 31.1 Å². The normalized spacial score (nSPS) is 18.4. The third kappa shape index (κ3) is 3.91. The van der Waals surface area contributed by atoms with Gasteiger partial charge in [0.1, 0.15) is 5.75 Å². The molecule has 0 bridgehead atoms. The van der Waals surface area contributed by atoms with Gasteiger partial charge in [0.2, 0.25) is 0 Å². The van der Waals surface area contributed by atoms with Gasteiger partial charge in [0.25, 0.3) is 0 Å². The van der Waals surface area contributed by atoms with Crippen molar-refractivity contribution >= 4 is 32.8 Å². The Hall–Kier alpha value is -2.76. The van der Waals surface area contributed by atoms with E-state index in [1.165, 1.54) is 11.0 Å². The summed E-state index contributed by atoms with van der Waals surface area (Å²) < 4.78 is 64.0. The number of hydrogen-bond donors (Lipinski definition) is 1. The molecule has 1 aliphatic heterocycles. The second-order valence-electron chi connectivity index (χ2n) is 6.30. The molecule has 1 fully saturated rings. The highest BCUT2D eigenvalue weighted by molar-refractivity contribution is 7.88. The lowest BCUT2D eigenvalue weighted by Gasteiger charge is -2.40. The monoisotopic (exact) mass is 419 g/mol. The lowest BCUT2D eigenvalue weighted by atomic mass is 10.1. The average molecular weight is 419 g/mol. The fourth-order valence-electron chi connectivity index (χ4n) is 3.00. The van der Waals surface area contributed by atoms with Crippen LogP contribution in [0.3, 0.4) is 0 Å². The lowest BCUT2D eigenvalue weighted by molar-refractivity contribution is -0.0500. The number of carboxylic acid groups (broad SMARTS) is 1. The van der Waals surface area contributed by atoms with Crippen molar-refractivity contribution in [3.8, 4) is 5.75 Å². The highest BCUT2D eigenvalue weighted by atomic mass is 32.2. The molecular formula is C16H16F3N3O5S. The second-order valence-corrected chi connectivity index (χ2v) is 7.84. The molecule has 0 saturated carbocycles. The maximum absolute atomic E-state index is 12.5. The Balaban J connectivity index is 1.88. The molecule has 1 aromatic carbocycles. The van der Waals surface area contributed by atoms with E-state index in [-0.39, 0.29) is 6.04 Å². The fraction of sp³-hybridized carbons (Fsp3) is 0.375. The zero-order valence-corrected chi connectivity index (χ0v) is 15.4. The van der Waals surface area contributed by atoms with Gasteiger partial charge < -0.3 is 19.1 Å². The number of pyridine rings is 1. The van der Waals surface area contributed by atoms with Crippen molar-refractivity contribution in [2.24, 2.45) is 0 Å². The Morgan fingerprint density at radius 1 is 1.29 bits per heavy atom. The Bertz CT molecular complexity index is 1010. The molecule has 0 radical (unpaired) electrons. The highest BCUT2D eigenvalue weighted by Crippen LogP contribution is 2.30. The molecule has 1 amide bonds. The number of anilines is 1. The van der Waals surface area contributed by atoms with Crippen LogP contribution in [-0.2, 0) is 10.1 Å². The predicted molar refractivity (Wildman–Crippen MR) is 93.8 cm³/mol. The summed E-state index contributed by atoms with van der Waals surface area (Å²) in [4.78, 5) is 18.5. The number of halogens is 3. The predicted octanol–water partition coefficient (Wildman–Crippen LogP) is 2.65. The summed E-state index contributed by atoms with van der Waals surface area (Å²) in [6.45, 7) is 2.85. The maximum atomic E-state index is 12.5. The quantitative estimate of drug-likeness (QED) is 0.603. The molecule has 12 heteroatoms. The molecule has 2 aromatic rings. The van der Waals surface area contributed by atoms with E-state index in [1.807, 2.05) is 11.8 Å². The van der Waals surface area contributed by atoms with Gasteiger partial charge in [0.15, 0.2) is 0 Å².